The smallest absolute Gasteiger partial charge is 0.326 e. The summed E-state index contributed by atoms with van der Waals surface area (Å²) in [5, 5.41) is 4.12. The minimum Gasteiger partial charge on any atom is -0.369 e. The zero-order valence-corrected chi connectivity index (χ0v) is 22.5. The van der Waals surface area contributed by atoms with Gasteiger partial charge >= 0.3 is 6.03 Å². The number of morpholine rings is 1. The first-order chi connectivity index (χ1) is 17.1. The molecule has 2 aliphatic rings. The number of nitrogens with one attached hydrogen (secondary N) is 1. The molecule has 3 aromatic rings. The average molecular weight is 528 g/mol. The van der Waals surface area contributed by atoms with E-state index in [1.165, 1.54) is 16.2 Å². The van der Waals surface area contributed by atoms with Crippen LogP contribution in [0.15, 0.2) is 24.5 Å². The van der Waals surface area contributed by atoms with Crippen molar-refractivity contribution in [3.63, 3.8) is 0 Å². The molecule has 0 bridgehead atoms. The lowest BCUT2D eigenvalue weighted by Crippen LogP contribution is -2.51. The van der Waals surface area contributed by atoms with Crippen LogP contribution in [0.1, 0.15) is 36.3 Å². The lowest BCUT2D eigenvalue weighted by Gasteiger charge is -2.37. The summed E-state index contributed by atoms with van der Waals surface area (Å²) in [5.41, 5.74) is 4.53. The number of nitrogens with zero attached hydrogens (tertiary/aromatic N) is 4. The fourth-order valence-corrected chi connectivity index (χ4v) is 6.33. The topological polar surface area (TPSA) is 87.7 Å². The van der Waals surface area contributed by atoms with Gasteiger partial charge in [-0.2, -0.15) is 0 Å². The van der Waals surface area contributed by atoms with Crippen molar-refractivity contribution in [1.82, 2.24) is 25.1 Å². The number of amides is 3. The second-order valence-corrected chi connectivity index (χ2v) is 11.7. The summed E-state index contributed by atoms with van der Waals surface area (Å²) in [6.07, 6.45) is 2.64. The maximum Gasteiger partial charge on any atom is 0.326 e. The van der Waals surface area contributed by atoms with E-state index in [-0.39, 0.29) is 30.2 Å². The largest absolute Gasteiger partial charge is 0.369 e. The Hall–Kier alpha value is -2.59. The van der Waals surface area contributed by atoms with Gasteiger partial charge in [0.2, 0.25) is 5.91 Å². The molecule has 190 valence electrons. The Morgan fingerprint density at radius 2 is 2.06 bits per heavy atom. The van der Waals surface area contributed by atoms with E-state index in [1.807, 2.05) is 18.2 Å². The zero-order valence-electron chi connectivity index (χ0n) is 20.9. The lowest BCUT2D eigenvalue weighted by molar-refractivity contribution is -0.131. The number of carbonyl (C=O) groups is 2. The number of benzene rings is 1. The number of ether oxygens (including phenoxy) is 1. The van der Waals surface area contributed by atoms with Gasteiger partial charge in [-0.05, 0) is 50.1 Å². The molecular formula is C26H30ClN5O3S. The summed E-state index contributed by atoms with van der Waals surface area (Å²) in [5.74, 6) is -0.154. The number of hydrogen-bond acceptors (Lipinski definition) is 7. The Morgan fingerprint density at radius 1 is 1.25 bits per heavy atom. The van der Waals surface area contributed by atoms with E-state index < -0.39 is 0 Å². The lowest BCUT2D eigenvalue weighted by atomic mass is 9.93. The highest BCUT2D eigenvalue weighted by Gasteiger charge is 2.31. The van der Waals surface area contributed by atoms with Gasteiger partial charge < -0.3 is 15.0 Å². The molecule has 10 heteroatoms. The second kappa shape index (κ2) is 9.70. The van der Waals surface area contributed by atoms with Crippen LogP contribution < -0.4 is 5.32 Å². The number of imide groups is 1. The van der Waals surface area contributed by atoms with Crippen LogP contribution in [0, 0.1) is 6.92 Å². The molecule has 8 nitrogen and oxygen atoms in total. The van der Waals surface area contributed by atoms with Gasteiger partial charge in [-0.25, -0.2) is 14.8 Å². The number of fused-ring (bicyclic) bond motifs is 1. The van der Waals surface area contributed by atoms with Crippen molar-refractivity contribution >= 4 is 45.1 Å². The van der Waals surface area contributed by atoms with Gasteiger partial charge in [0.25, 0.3) is 0 Å². The number of carbonyl (C=O) groups excluding carboxylic acids is 2. The standard InChI is InChI=1S/C26H30ClN5O3S/c1-15-7-16(27)8-20(19(15)9-17-11-28-13-26(2,3)35-17)23-24-21(29-14-30-23)10-18(36-24)12-32-22(33)5-6-31(4)25(32)34/h7-8,10,14,17,28H,5-6,9,11-13H2,1-4H3. The quantitative estimate of drug-likeness (QED) is 0.528. The van der Waals surface area contributed by atoms with Gasteiger partial charge in [-0.1, -0.05) is 11.6 Å². The summed E-state index contributed by atoms with van der Waals surface area (Å²) >= 11 is 8.03. The molecule has 2 saturated heterocycles. The molecule has 3 amide bonds. The van der Waals surface area contributed by atoms with Crippen LogP contribution in [0.2, 0.25) is 5.02 Å². The SMILES string of the molecule is Cc1cc(Cl)cc(-c2ncnc3cc(CN4C(=O)CCN(C)C4=O)sc23)c1CC1CNCC(C)(C)O1. The Kier molecular flexibility index (Phi) is 6.76. The predicted molar refractivity (Wildman–Crippen MR) is 141 cm³/mol. The van der Waals surface area contributed by atoms with E-state index in [4.69, 9.17) is 16.3 Å². The Balaban J connectivity index is 1.52. The summed E-state index contributed by atoms with van der Waals surface area (Å²) in [7, 11) is 1.71. The van der Waals surface area contributed by atoms with Gasteiger partial charge in [0.15, 0.2) is 0 Å². The zero-order chi connectivity index (χ0) is 25.6. The number of aromatic nitrogens is 2. The van der Waals surface area contributed by atoms with Crippen molar-refractivity contribution in [2.24, 2.45) is 0 Å². The third-order valence-electron chi connectivity index (χ3n) is 6.73. The molecule has 5 rings (SSSR count). The Bertz CT molecular complexity index is 1340. The van der Waals surface area contributed by atoms with E-state index in [0.29, 0.717) is 18.0 Å². The summed E-state index contributed by atoms with van der Waals surface area (Å²) in [6, 6.07) is 5.60. The number of urea groups is 1. The highest BCUT2D eigenvalue weighted by molar-refractivity contribution is 7.19. The third kappa shape index (κ3) is 4.98. The molecule has 1 aromatic carbocycles. The molecule has 4 heterocycles. The molecule has 0 saturated carbocycles. The van der Waals surface area contributed by atoms with Crippen LogP contribution in [-0.2, 0) is 22.5 Å². The van der Waals surface area contributed by atoms with Crippen molar-refractivity contribution in [2.75, 3.05) is 26.7 Å². The maximum absolute atomic E-state index is 12.6. The van der Waals surface area contributed by atoms with Crippen LogP contribution in [0.3, 0.4) is 0 Å². The minimum absolute atomic E-state index is 0.0247. The molecule has 0 aliphatic carbocycles. The molecule has 2 fully saturated rings. The summed E-state index contributed by atoms with van der Waals surface area (Å²) < 4.78 is 7.27. The van der Waals surface area contributed by atoms with E-state index >= 15 is 0 Å². The molecule has 2 aliphatic heterocycles. The normalized spacial score (nSPS) is 20.4. The van der Waals surface area contributed by atoms with E-state index in [0.717, 1.165) is 57.0 Å². The van der Waals surface area contributed by atoms with Crippen molar-refractivity contribution in [2.45, 2.75) is 51.9 Å². The highest BCUT2D eigenvalue weighted by atomic mass is 35.5. The fraction of sp³-hybridized carbons (Fsp3) is 0.462. The monoisotopic (exact) mass is 527 g/mol. The van der Waals surface area contributed by atoms with E-state index in [1.54, 1.807) is 18.3 Å². The van der Waals surface area contributed by atoms with Crippen molar-refractivity contribution in [1.29, 1.82) is 0 Å². The maximum atomic E-state index is 12.6. The summed E-state index contributed by atoms with van der Waals surface area (Å²) in [4.78, 5) is 37.9. The van der Waals surface area contributed by atoms with Crippen LogP contribution in [-0.4, -0.2) is 70.1 Å². The van der Waals surface area contributed by atoms with Crippen molar-refractivity contribution in [3.05, 3.63) is 45.6 Å². The molecule has 1 atom stereocenters. The Morgan fingerprint density at radius 3 is 2.83 bits per heavy atom. The molecule has 1 unspecified atom stereocenters. The molecule has 2 aromatic heterocycles. The number of rotatable bonds is 5. The van der Waals surface area contributed by atoms with Gasteiger partial charge in [-0.15, -0.1) is 11.3 Å². The second-order valence-electron chi connectivity index (χ2n) is 10.2. The molecule has 0 radical (unpaired) electrons. The third-order valence-corrected chi connectivity index (χ3v) is 8.06. The van der Waals surface area contributed by atoms with E-state index in [2.05, 4.69) is 36.1 Å². The van der Waals surface area contributed by atoms with Crippen LogP contribution >= 0.6 is 22.9 Å². The van der Waals surface area contributed by atoms with Gasteiger partial charge in [0.05, 0.1) is 34.2 Å². The number of hydrogen-bond donors (Lipinski definition) is 1. The van der Waals surface area contributed by atoms with Crippen LogP contribution in [0.25, 0.3) is 21.5 Å². The van der Waals surface area contributed by atoms with Crippen LogP contribution in [0.5, 0.6) is 0 Å². The van der Waals surface area contributed by atoms with Gasteiger partial charge in [0.1, 0.15) is 6.33 Å². The number of thiophene rings is 1. The van der Waals surface area contributed by atoms with Gasteiger partial charge in [0, 0.05) is 55.0 Å². The number of halogens is 1. The predicted octanol–water partition coefficient (Wildman–Crippen LogP) is 4.41. The summed E-state index contributed by atoms with van der Waals surface area (Å²) in [6.45, 7) is 8.52. The van der Waals surface area contributed by atoms with Gasteiger partial charge in [-0.3, -0.25) is 9.69 Å². The average Bonchev–Trinajstić information content (AvgIpc) is 3.23. The van der Waals surface area contributed by atoms with E-state index in [9.17, 15) is 9.59 Å². The van der Waals surface area contributed by atoms with Crippen molar-refractivity contribution in [3.8, 4) is 11.3 Å². The minimum atomic E-state index is -0.271. The van der Waals surface area contributed by atoms with Crippen LogP contribution in [0.4, 0.5) is 4.79 Å². The molecule has 36 heavy (non-hydrogen) atoms. The first kappa shape index (κ1) is 25.1. The first-order valence-corrected chi connectivity index (χ1v) is 13.3. The Labute approximate surface area is 219 Å². The molecule has 0 spiro atoms. The fourth-order valence-electron chi connectivity index (χ4n) is 4.96. The van der Waals surface area contributed by atoms with Crippen molar-refractivity contribution < 1.29 is 14.3 Å². The highest BCUT2D eigenvalue weighted by Crippen LogP contribution is 2.38. The first-order valence-electron chi connectivity index (χ1n) is 12.1. The molecule has 1 N–H and O–H groups in total. The number of aryl methyl sites for hydroxylation is 1. The molecular weight excluding hydrogens is 498 g/mol.